The van der Waals surface area contributed by atoms with Gasteiger partial charge in [0.25, 0.3) is 0 Å². The molecule has 5 aliphatic carbocycles. The predicted octanol–water partition coefficient (Wildman–Crippen LogP) is 3.63. The molecule has 7 rings (SSSR count). The van der Waals surface area contributed by atoms with E-state index in [9.17, 15) is 20.4 Å². The minimum Gasteiger partial charge on any atom is -0.392 e. The molecule has 14 atom stereocenters. The Labute approximate surface area is 216 Å². The van der Waals surface area contributed by atoms with E-state index in [1.807, 2.05) is 0 Å². The fraction of sp³-hybridized carbons (Fsp3) is 1.00. The number of ether oxygens (including phenoxy) is 2. The normalized spacial score (nSPS) is 64.6. The van der Waals surface area contributed by atoms with Gasteiger partial charge in [0, 0.05) is 23.2 Å². The summed E-state index contributed by atoms with van der Waals surface area (Å²) in [5.41, 5.74) is -1.99. The molecule has 2 bridgehead atoms. The number of rotatable bonds is 1. The molecular weight excluding hydrogens is 456 g/mol. The average Bonchev–Trinajstić information content (AvgIpc) is 3.32. The summed E-state index contributed by atoms with van der Waals surface area (Å²) in [5, 5.41) is 45.9. The highest BCUT2D eigenvalue weighted by Crippen LogP contribution is 2.90. The van der Waals surface area contributed by atoms with E-state index in [-0.39, 0.29) is 39.6 Å². The first-order valence-corrected chi connectivity index (χ1v) is 14.7. The first-order valence-electron chi connectivity index (χ1n) is 14.7. The lowest BCUT2D eigenvalue weighted by molar-refractivity contribution is -0.282. The second kappa shape index (κ2) is 6.55. The van der Waals surface area contributed by atoms with Gasteiger partial charge in [0.15, 0.2) is 5.79 Å². The lowest BCUT2D eigenvalue weighted by Gasteiger charge is -2.64. The van der Waals surface area contributed by atoms with Crippen molar-refractivity contribution < 1.29 is 29.9 Å². The summed E-state index contributed by atoms with van der Waals surface area (Å²) in [7, 11) is 0. The summed E-state index contributed by atoms with van der Waals surface area (Å²) in [4.78, 5) is 0. The van der Waals surface area contributed by atoms with E-state index in [0.717, 1.165) is 38.5 Å². The highest BCUT2D eigenvalue weighted by molar-refractivity contribution is 5.35. The van der Waals surface area contributed by atoms with Gasteiger partial charge in [-0.15, -0.1) is 0 Å². The maximum atomic E-state index is 12.5. The van der Waals surface area contributed by atoms with Crippen molar-refractivity contribution >= 4 is 0 Å². The molecule has 7 fully saturated rings. The van der Waals surface area contributed by atoms with Gasteiger partial charge in [-0.2, -0.15) is 0 Å². The van der Waals surface area contributed by atoms with Gasteiger partial charge >= 0.3 is 0 Å². The molecule has 2 heterocycles. The maximum absolute atomic E-state index is 12.5. The Morgan fingerprint density at radius 1 is 0.861 bits per heavy atom. The first-order chi connectivity index (χ1) is 16.5. The van der Waals surface area contributed by atoms with Crippen LogP contribution in [-0.2, 0) is 9.47 Å². The SMILES string of the molecule is C[C@@H]1C[C@H]2OC3(O[C@@H]2C(C)(C)O)[C@H](O)[C@@]2(C)[C@@H]4CC[C@H]5C(C)(C)[C@@H](O)CC(O)[C@@]56C[C@@]46CC[C@]2(C)[C@@H]13. The Bertz CT molecular complexity index is 990. The lowest BCUT2D eigenvalue weighted by Crippen LogP contribution is -2.62. The third kappa shape index (κ3) is 2.29. The third-order valence-corrected chi connectivity index (χ3v) is 14.2. The van der Waals surface area contributed by atoms with Gasteiger partial charge in [-0.3, -0.25) is 0 Å². The van der Waals surface area contributed by atoms with Crippen molar-refractivity contribution in [2.24, 2.45) is 50.7 Å². The van der Waals surface area contributed by atoms with Crippen molar-refractivity contribution in [3.8, 4) is 0 Å². The van der Waals surface area contributed by atoms with E-state index in [1.165, 1.54) is 0 Å². The van der Waals surface area contributed by atoms with Crippen LogP contribution in [-0.4, -0.2) is 62.3 Å². The smallest absolute Gasteiger partial charge is 0.199 e. The molecule has 6 nitrogen and oxygen atoms in total. The number of fused-ring (bicyclic) bond motifs is 4. The van der Waals surface area contributed by atoms with Gasteiger partial charge in [-0.1, -0.05) is 34.6 Å². The van der Waals surface area contributed by atoms with Gasteiger partial charge in [0.1, 0.15) is 12.2 Å². The van der Waals surface area contributed by atoms with Gasteiger partial charge in [-0.25, -0.2) is 0 Å². The van der Waals surface area contributed by atoms with Crippen molar-refractivity contribution in [1.29, 1.82) is 0 Å². The quantitative estimate of drug-likeness (QED) is 0.435. The largest absolute Gasteiger partial charge is 0.392 e. The predicted molar refractivity (Wildman–Crippen MR) is 134 cm³/mol. The van der Waals surface area contributed by atoms with Crippen LogP contribution in [0.1, 0.15) is 93.4 Å². The maximum Gasteiger partial charge on any atom is 0.199 e. The zero-order valence-corrected chi connectivity index (χ0v) is 23.3. The van der Waals surface area contributed by atoms with Crippen LogP contribution >= 0.6 is 0 Å². The number of hydrogen-bond donors (Lipinski definition) is 4. The fourth-order valence-corrected chi connectivity index (χ4v) is 12.7. The molecule has 0 amide bonds. The summed E-state index contributed by atoms with van der Waals surface area (Å²) in [6, 6.07) is 0. The monoisotopic (exact) mass is 504 g/mol. The van der Waals surface area contributed by atoms with Crippen LogP contribution in [0.25, 0.3) is 0 Å². The van der Waals surface area contributed by atoms with Crippen LogP contribution in [0.3, 0.4) is 0 Å². The van der Waals surface area contributed by atoms with E-state index >= 15 is 0 Å². The second-order valence-corrected chi connectivity index (χ2v) is 16.0. The molecule has 4 N–H and O–H groups in total. The molecule has 5 saturated carbocycles. The molecule has 0 radical (unpaired) electrons. The van der Waals surface area contributed by atoms with Crippen molar-refractivity contribution in [3.05, 3.63) is 0 Å². The Morgan fingerprint density at radius 2 is 1.53 bits per heavy atom. The van der Waals surface area contributed by atoms with E-state index in [0.29, 0.717) is 18.3 Å². The fourth-order valence-electron chi connectivity index (χ4n) is 12.7. The molecule has 204 valence electrons. The zero-order chi connectivity index (χ0) is 26.1. The van der Waals surface area contributed by atoms with E-state index < -0.39 is 41.2 Å². The first kappa shape index (κ1) is 24.8. The molecule has 2 aliphatic heterocycles. The molecule has 36 heavy (non-hydrogen) atoms. The number of aliphatic hydroxyl groups is 4. The van der Waals surface area contributed by atoms with Crippen LogP contribution in [0, 0.1) is 50.7 Å². The van der Waals surface area contributed by atoms with Crippen molar-refractivity contribution in [1.82, 2.24) is 0 Å². The molecule has 2 unspecified atom stereocenters. The Kier molecular flexibility index (Phi) is 4.51. The minimum atomic E-state index is -1.08. The molecular formula is C30H48O6. The Morgan fingerprint density at radius 3 is 2.19 bits per heavy atom. The molecule has 0 aromatic heterocycles. The van der Waals surface area contributed by atoms with Crippen molar-refractivity contribution in [3.63, 3.8) is 0 Å². The molecule has 6 heteroatoms. The summed E-state index contributed by atoms with van der Waals surface area (Å²) in [6.07, 6.45) is 3.94. The van der Waals surface area contributed by atoms with Crippen LogP contribution in [0.2, 0.25) is 0 Å². The minimum absolute atomic E-state index is 0.00299. The molecule has 3 spiro atoms. The van der Waals surface area contributed by atoms with Crippen molar-refractivity contribution in [2.45, 2.75) is 135 Å². The van der Waals surface area contributed by atoms with E-state index in [2.05, 4.69) is 34.6 Å². The molecule has 0 aromatic rings. The summed E-state index contributed by atoms with van der Waals surface area (Å²) in [5.74, 6) is -0.122. The number of hydrogen-bond acceptors (Lipinski definition) is 6. The highest BCUT2D eigenvalue weighted by atomic mass is 16.8. The molecule has 0 aromatic carbocycles. The second-order valence-electron chi connectivity index (χ2n) is 16.0. The van der Waals surface area contributed by atoms with Crippen LogP contribution in [0.15, 0.2) is 0 Å². The molecule has 7 aliphatic rings. The van der Waals surface area contributed by atoms with E-state index in [1.54, 1.807) is 13.8 Å². The summed E-state index contributed by atoms with van der Waals surface area (Å²) in [6.45, 7) is 15.0. The topological polar surface area (TPSA) is 99.4 Å². The van der Waals surface area contributed by atoms with E-state index in [4.69, 9.17) is 9.47 Å². The van der Waals surface area contributed by atoms with Crippen LogP contribution in [0.5, 0.6) is 0 Å². The Hall–Kier alpha value is -0.240. The van der Waals surface area contributed by atoms with Gasteiger partial charge in [0.05, 0.1) is 23.9 Å². The lowest BCUT2D eigenvalue weighted by atomic mass is 9.41. The average molecular weight is 505 g/mol. The zero-order valence-electron chi connectivity index (χ0n) is 23.3. The summed E-state index contributed by atoms with van der Waals surface area (Å²) >= 11 is 0. The molecule has 2 saturated heterocycles. The third-order valence-electron chi connectivity index (χ3n) is 14.2. The van der Waals surface area contributed by atoms with Crippen LogP contribution < -0.4 is 0 Å². The highest BCUT2D eigenvalue weighted by Gasteiger charge is 2.89. The van der Waals surface area contributed by atoms with Gasteiger partial charge in [0.2, 0.25) is 0 Å². The van der Waals surface area contributed by atoms with Gasteiger partial charge in [-0.05, 0) is 86.4 Å². The van der Waals surface area contributed by atoms with Crippen molar-refractivity contribution in [2.75, 3.05) is 0 Å². The number of aliphatic hydroxyl groups excluding tert-OH is 3. The summed E-state index contributed by atoms with van der Waals surface area (Å²) < 4.78 is 13.5. The van der Waals surface area contributed by atoms with Gasteiger partial charge < -0.3 is 29.9 Å². The standard InChI is InChI=1S/C30H48O6/c1-15-12-16-22(25(4,5)34)36-30(35-16)21(15)26(6)10-11-28-14-29(28)17(24(2,3)19(31)13-20(29)32)8-9-18(28)27(26,7)23(30)33/h15-23,31-34H,8-14H2,1-7H3/t15-,16-,17+,18+,19+,20?,21-,22+,23-,26-,27-,28+,29-,30?/m1/s1. The Balaban J connectivity index is 1.34. The van der Waals surface area contributed by atoms with Crippen LogP contribution in [0.4, 0.5) is 0 Å².